The lowest BCUT2D eigenvalue weighted by Gasteiger charge is -2.10. The average Bonchev–Trinajstić information content (AvgIpc) is 2.17. The number of aliphatic carboxylic acids is 2. The molecule has 0 heterocycles. The van der Waals surface area contributed by atoms with E-state index in [-0.39, 0.29) is 0 Å². The summed E-state index contributed by atoms with van der Waals surface area (Å²) in [5.74, 6) is -3.65. The molecule has 1 aromatic rings. The van der Waals surface area contributed by atoms with Gasteiger partial charge in [-0.15, -0.1) is 0 Å². The first-order valence-corrected chi connectivity index (χ1v) is 8.34. The van der Waals surface area contributed by atoms with E-state index in [2.05, 4.69) is 50.3 Å². The molecule has 0 saturated heterocycles. The maximum atomic E-state index is 9.10. The molecule has 0 fully saturated rings. The maximum Gasteiger partial charge on any atom is 0.414 e. The third-order valence-corrected chi connectivity index (χ3v) is 3.00. The minimum Gasteiger partial charge on any atom is -0.473 e. The van der Waals surface area contributed by atoms with Crippen LogP contribution in [0.3, 0.4) is 0 Å². The quantitative estimate of drug-likeness (QED) is 0.629. The van der Waals surface area contributed by atoms with E-state index in [1.807, 2.05) is 0 Å². The molecule has 0 bridgehead atoms. The highest BCUT2D eigenvalue weighted by Crippen LogP contribution is 2.49. The number of carboxylic acid groups (broad SMARTS) is 2. The predicted molar refractivity (Wildman–Crippen MR) is 70.1 cm³/mol. The van der Waals surface area contributed by atoms with Crippen molar-refractivity contribution >= 4 is 19.2 Å². The molecule has 94 valence electrons. The van der Waals surface area contributed by atoms with Crippen LogP contribution in [0.2, 0.25) is 0 Å². The first-order chi connectivity index (χ1) is 7.72. The Bertz CT molecular complexity index is 356. The van der Waals surface area contributed by atoms with Gasteiger partial charge >= 0.3 is 11.9 Å². The van der Waals surface area contributed by atoms with Crippen molar-refractivity contribution in [1.29, 1.82) is 0 Å². The predicted octanol–water partition coefficient (Wildman–Crippen LogP) is 2.25. The van der Waals surface area contributed by atoms with Gasteiger partial charge in [-0.25, -0.2) is 9.59 Å². The molecule has 0 aromatic heterocycles. The van der Waals surface area contributed by atoms with Crippen LogP contribution in [0.5, 0.6) is 0 Å². The smallest absolute Gasteiger partial charge is 0.414 e. The first kappa shape index (κ1) is 15.6. The molecule has 5 heteroatoms. The van der Waals surface area contributed by atoms with E-state index < -0.39 is 19.2 Å². The molecule has 0 unspecified atom stereocenters. The van der Waals surface area contributed by atoms with Crippen LogP contribution in [0.25, 0.3) is 0 Å². The summed E-state index contributed by atoms with van der Waals surface area (Å²) in [4.78, 5) is 18.2. The minimum absolute atomic E-state index is 0.638. The van der Waals surface area contributed by atoms with Gasteiger partial charge in [0.25, 0.3) is 0 Å². The van der Waals surface area contributed by atoms with Gasteiger partial charge in [0.05, 0.1) is 6.16 Å². The third-order valence-electron chi connectivity index (χ3n) is 1.68. The third kappa shape index (κ3) is 9.52. The average molecular weight is 257 g/mol. The van der Waals surface area contributed by atoms with Crippen LogP contribution in [0.4, 0.5) is 0 Å². The zero-order chi connectivity index (χ0) is 13.5. The SMILES string of the molecule is C[P+](C)(C)Cc1ccccc1.O=C(O)C(=O)O. The van der Waals surface area contributed by atoms with Crippen LogP contribution in [0, 0.1) is 0 Å². The summed E-state index contributed by atoms with van der Waals surface area (Å²) in [5, 5.41) is 14.8. The molecule has 0 spiro atoms. The van der Waals surface area contributed by atoms with E-state index in [1.54, 1.807) is 0 Å². The Morgan fingerprint density at radius 1 is 1.00 bits per heavy atom. The van der Waals surface area contributed by atoms with Crippen molar-refractivity contribution in [2.24, 2.45) is 0 Å². The van der Waals surface area contributed by atoms with Gasteiger partial charge in [0.15, 0.2) is 0 Å². The summed E-state index contributed by atoms with van der Waals surface area (Å²) in [6, 6.07) is 10.7. The molecule has 0 aliphatic heterocycles. The molecular formula is C12H18O4P+. The molecule has 4 nitrogen and oxygen atoms in total. The lowest BCUT2D eigenvalue weighted by molar-refractivity contribution is -0.159. The van der Waals surface area contributed by atoms with Gasteiger partial charge in [-0.05, 0) is 5.56 Å². The van der Waals surface area contributed by atoms with Gasteiger partial charge < -0.3 is 10.2 Å². The van der Waals surface area contributed by atoms with Crippen LogP contribution < -0.4 is 0 Å². The number of hydrogen-bond donors (Lipinski definition) is 2. The summed E-state index contributed by atoms with van der Waals surface area (Å²) in [6.45, 7) is 7.12. The summed E-state index contributed by atoms with van der Waals surface area (Å²) in [6.07, 6.45) is 1.27. The van der Waals surface area contributed by atoms with E-state index in [4.69, 9.17) is 19.8 Å². The second-order valence-corrected chi connectivity index (χ2v) is 9.44. The van der Waals surface area contributed by atoms with Crippen molar-refractivity contribution in [1.82, 2.24) is 0 Å². The highest BCUT2D eigenvalue weighted by atomic mass is 31.2. The van der Waals surface area contributed by atoms with Gasteiger partial charge in [0.1, 0.15) is 0 Å². The van der Waals surface area contributed by atoms with Gasteiger partial charge in [0.2, 0.25) is 0 Å². The molecule has 0 atom stereocenters. The molecule has 0 radical (unpaired) electrons. The fourth-order valence-corrected chi connectivity index (χ4v) is 2.44. The largest absolute Gasteiger partial charge is 0.473 e. The van der Waals surface area contributed by atoms with Crippen LogP contribution in [0.15, 0.2) is 30.3 Å². The number of benzene rings is 1. The first-order valence-electron chi connectivity index (χ1n) is 5.03. The molecule has 1 aromatic carbocycles. The Morgan fingerprint density at radius 2 is 1.41 bits per heavy atom. The molecule has 2 N–H and O–H groups in total. The Balaban J connectivity index is 0.000000366. The van der Waals surface area contributed by atoms with Crippen molar-refractivity contribution in [2.75, 3.05) is 20.0 Å². The van der Waals surface area contributed by atoms with E-state index in [1.165, 1.54) is 11.7 Å². The molecule has 17 heavy (non-hydrogen) atoms. The highest BCUT2D eigenvalue weighted by molar-refractivity contribution is 7.72. The van der Waals surface area contributed by atoms with Crippen molar-refractivity contribution in [3.05, 3.63) is 35.9 Å². The fourth-order valence-electron chi connectivity index (χ4n) is 1.13. The van der Waals surface area contributed by atoms with Crippen molar-refractivity contribution in [2.45, 2.75) is 6.16 Å². The van der Waals surface area contributed by atoms with Crippen LogP contribution in [-0.2, 0) is 15.8 Å². The van der Waals surface area contributed by atoms with E-state index >= 15 is 0 Å². The Kier molecular flexibility index (Phi) is 6.44. The fraction of sp³-hybridized carbons (Fsp3) is 0.333. The molecule has 0 aliphatic rings. The topological polar surface area (TPSA) is 74.6 Å². The molecular weight excluding hydrogens is 239 g/mol. The van der Waals surface area contributed by atoms with Gasteiger partial charge in [-0.1, -0.05) is 30.3 Å². The zero-order valence-corrected chi connectivity index (χ0v) is 11.1. The molecule has 1 rings (SSSR count). The Labute approximate surface area is 102 Å². The van der Waals surface area contributed by atoms with Crippen molar-refractivity contribution < 1.29 is 19.8 Å². The summed E-state index contributed by atoms with van der Waals surface area (Å²) in [7, 11) is -0.638. The number of hydrogen-bond acceptors (Lipinski definition) is 2. The molecule has 0 amide bonds. The number of carboxylic acids is 2. The van der Waals surface area contributed by atoms with E-state index in [9.17, 15) is 0 Å². The van der Waals surface area contributed by atoms with E-state index in [0.29, 0.717) is 0 Å². The Hall–Kier alpha value is -1.41. The molecule has 0 saturated carbocycles. The zero-order valence-electron chi connectivity index (χ0n) is 10.3. The lowest BCUT2D eigenvalue weighted by atomic mass is 10.2. The summed E-state index contributed by atoms with van der Waals surface area (Å²) in [5.41, 5.74) is 1.48. The lowest BCUT2D eigenvalue weighted by Crippen LogP contribution is -2.09. The second-order valence-electron chi connectivity index (χ2n) is 4.54. The maximum absolute atomic E-state index is 9.10. The van der Waals surface area contributed by atoms with Crippen molar-refractivity contribution in [3.63, 3.8) is 0 Å². The molecule has 0 aliphatic carbocycles. The second kappa shape index (κ2) is 7.02. The monoisotopic (exact) mass is 257 g/mol. The van der Waals surface area contributed by atoms with Gasteiger partial charge in [0, 0.05) is 27.3 Å². The normalized spacial score (nSPS) is 10.1. The van der Waals surface area contributed by atoms with Gasteiger partial charge in [-0.3, -0.25) is 0 Å². The number of rotatable bonds is 2. The summed E-state index contributed by atoms with van der Waals surface area (Å²) < 4.78 is 0. The van der Waals surface area contributed by atoms with Crippen molar-refractivity contribution in [3.8, 4) is 0 Å². The Morgan fingerprint density at radius 3 is 1.71 bits per heavy atom. The summed E-state index contributed by atoms with van der Waals surface area (Å²) >= 11 is 0. The standard InChI is InChI=1S/C10H16P.C2H2O4/c1-11(2,3)9-10-7-5-4-6-8-10;3-1(4)2(5)6/h4-8H,9H2,1-3H3;(H,3,4)(H,5,6)/q+1;. The number of carbonyl (C=O) groups is 2. The highest BCUT2D eigenvalue weighted by Gasteiger charge is 2.16. The van der Waals surface area contributed by atoms with Crippen LogP contribution in [-0.4, -0.2) is 42.1 Å². The van der Waals surface area contributed by atoms with E-state index in [0.717, 1.165) is 0 Å². The van der Waals surface area contributed by atoms with Gasteiger partial charge in [-0.2, -0.15) is 0 Å². The van der Waals surface area contributed by atoms with Crippen LogP contribution in [0.1, 0.15) is 5.56 Å². The minimum atomic E-state index is -1.82. The van der Waals surface area contributed by atoms with Crippen LogP contribution >= 0.6 is 7.26 Å².